The van der Waals surface area contributed by atoms with Crippen LogP contribution in [0.4, 0.5) is 0 Å². The lowest BCUT2D eigenvalue weighted by atomic mass is 10.3. The number of rotatable bonds is 3. The fourth-order valence-electron chi connectivity index (χ4n) is 1.56. The summed E-state index contributed by atoms with van der Waals surface area (Å²) in [6, 6.07) is 2.09. The second-order valence-corrected chi connectivity index (χ2v) is 3.63. The molecule has 0 saturated heterocycles. The lowest BCUT2D eigenvalue weighted by molar-refractivity contribution is 0.428. The fourth-order valence-corrected chi connectivity index (χ4v) is 1.56. The van der Waals surface area contributed by atoms with Gasteiger partial charge in [0.15, 0.2) is 5.75 Å². The molecule has 0 aliphatic rings. The largest absolute Gasteiger partial charge is 0.435 e. The third-order valence-corrected chi connectivity index (χ3v) is 2.43. The quantitative estimate of drug-likeness (QED) is 0.804. The van der Waals surface area contributed by atoms with Crippen LogP contribution < -0.4 is 4.74 Å². The zero-order chi connectivity index (χ0) is 12.4. The molecule has 0 spiro atoms. The molecular formula is C11H13N5O. The van der Waals surface area contributed by atoms with Gasteiger partial charge in [-0.15, -0.1) is 0 Å². The van der Waals surface area contributed by atoms with Gasteiger partial charge >= 0.3 is 0 Å². The molecule has 0 aliphatic carbocycles. The van der Waals surface area contributed by atoms with Crippen LogP contribution in [0.2, 0.25) is 0 Å². The Kier molecular flexibility index (Phi) is 2.83. The lowest BCUT2D eigenvalue weighted by Crippen LogP contribution is -1.96. The van der Waals surface area contributed by atoms with E-state index < -0.39 is 0 Å². The first-order valence-corrected chi connectivity index (χ1v) is 5.29. The Morgan fingerprint density at radius 2 is 2.29 bits per heavy atom. The summed E-state index contributed by atoms with van der Waals surface area (Å²) in [4.78, 5) is 0. The first-order chi connectivity index (χ1) is 8.15. The van der Waals surface area contributed by atoms with Crippen molar-refractivity contribution in [2.75, 3.05) is 0 Å². The molecule has 0 atom stereocenters. The SMILES string of the molecule is CCn1cc(Oc2c(C#N)c(C)nn2C)cn1. The van der Waals surface area contributed by atoms with Gasteiger partial charge in [0.2, 0.25) is 5.88 Å². The number of nitriles is 1. The number of ether oxygens (including phenoxy) is 1. The summed E-state index contributed by atoms with van der Waals surface area (Å²) in [6.45, 7) is 4.55. The van der Waals surface area contributed by atoms with Gasteiger partial charge in [-0.1, -0.05) is 0 Å². The van der Waals surface area contributed by atoms with Crippen molar-refractivity contribution in [1.29, 1.82) is 5.26 Å². The maximum Gasteiger partial charge on any atom is 0.236 e. The molecule has 0 unspecified atom stereocenters. The number of hydrogen-bond acceptors (Lipinski definition) is 4. The molecule has 2 aromatic heterocycles. The fraction of sp³-hybridized carbons (Fsp3) is 0.364. The Hall–Kier alpha value is -2.29. The zero-order valence-corrected chi connectivity index (χ0v) is 10.0. The molecule has 17 heavy (non-hydrogen) atoms. The zero-order valence-electron chi connectivity index (χ0n) is 10.0. The normalized spacial score (nSPS) is 10.2. The van der Waals surface area contributed by atoms with Gasteiger partial charge in [-0.05, 0) is 13.8 Å². The van der Waals surface area contributed by atoms with Gasteiger partial charge in [0.05, 0.1) is 18.1 Å². The van der Waals surface area contributed by atoms with Crippen LogP contribution in [0.15, 0.2) is 12.4 Å². The van der Waals surface area contributed by atoms with Crippen molar-refractivity contribution in [3.8, 4) is 17.7 Å². The molecule has 0 aromatic carbocycles. The van der Waals surface area contributed by atoms with E-state index in [9.17, 15) is 0 Å². The van der Waals surface area contributed by atoms with Gasteiger partial charge in [0.1, 0.15) is 11.6 Å². The number of hydrogen-bond donors (Lipinski definition) is 0. The van der Waals surface area contributed by atoms with Crippen molar-refractivity contribution in [3.63, 3.8) is 0 Å². The molecule has 6 nitrogen and oxygen atoms in total. The topological polar surface area (TPSA) is 68.7 Å². The van der Waals surface area contributed by atoms with E-state index in [4.69, 9.17) is 10.00 Å². The van der Waals surface area contributed by atoms with E-state index in [1.165, 1.54) is 0 Å². The minimum atomic E-state index is 0.445. The van der Waals surface area contributed by atoms with Crippen molar-refractivity contribution in [2.45, 2.75) is 20.4 Å². The second-order valence-electron chi connectivity index (χ2n) is 3.63. The van der Waals surface area contributed by atoms with Gasteiger partial charge < -0.3 is 4.74 Å². The minimum Gasteiger partial charge on any atom is -0.435 e. The summed E-state index contributed by atoms with van der Waals surface area (Å²) in [5, 5.41) is 17.3. The van der Waals surface area contributed by atoms with Gasteiger partial charge in [0.25, 0.3) is 0 Å². The van der Waals surface area contributed by atoms with Crippen LogP contribution in [0, 0.1) is 18.3 Å². The van der Waals surface area contributed by atoms with Gasteiger partial charge in [-0.25, -0.2) is 4.68 Å². The van der Waals surface area contributed by atoms with Gasteiger partial charge in [-0.3, -0.25) is 4.68 Å². The van der Waals surface area contributed by atoms with Crippen molar-refractivity contribution in [3.05, 3.63) is 23.7 Å². The van der Waals surface area contributed by atoms with Crippen molar-refractivity contribution in [1.82, 2.24) is 19.6 Å². The molecule has 0 bridgehead atoms. The minimum absolute atomic E-state index is 0.445. The Labute approximate surface area is 99.0 Å². The predicted octanol–water partition coefficient (Wildman–Crippen LogP) is 1.61. The molecule has 0 amide bonds. The Morgan fingerprint density at radius 3 is 2.88 bits per heavy atom. The predicted molar refractivity (Wildman–Crippen MR) is 60.6 cm³/mol. The molecule has 0 radical (unpaired) electrons. The number of aromatic nitrogens is 4. The van der Waals surface area contributed by atoms with Crippen LogP contribution in [-0.2, 0) is 13.6 Å². The van der Waals surface area contributed by atoms with Crippen LogP contribution >= 0.6 is 0 Å². The van der Waals surface area contributed by atoms with Gasteiger partial charge in [-0.2, -0.15) is 15.5 Å². The monoisotopic (exact) mass is 231 g/mol. The highest BCUT2D eigenvalue weighted by Gasteiger charge is 2.15. The van der Waals surface area contributed by atoms with Crippen molar-refractivity contribution >= 4 is 0 Å². The van der Waals surface area contributed by atoms with E-state index in [0.717, 1.165) is 6.54 Å². The maximum absolute atomic E-state index is 9.04. The van der Waals surface area contributed by atoms with Crippen molar-refractivity contribution in [2.24, 2.45) is 7.05 Å². The van der Waals surface area contributed by atoms with E-state index in [-0.39, 0.29) is 0 Å². The molecule has 2 rings (SSSR count). The molecule has 6 heteroatoms. The molecule has 0 fully saturated rings. The van der Waals surface area contributed by atoms with E-state index in [0.29, 0.717) is 22.9 Å². The van der Waals surface area contributed by atoms with Crippen LogP contribution in [0.1, 0.15) is 18.2 Å². The molecule has 0 aliphatic heterocycles. The Morgan fingerprint density at radius 1 is 1.53 bits per heavy atom. The lowest BCUT2D eigenvalue weighted by Gasteiger charge is -2.02. The molecule has 0 saturated carbocycles. The van der Waals surface area contributed by atoms with Crippen LogP contribution in [0.5, 0.6) is 11.6 Å². The van der Waals surface area contributed by atoms with Crippen LogP contribution in [0.3, 0.4) is 0 Å². The third kappa shape index (κ3) is 1.99. The summed E-state index contributed by atoms with van der Waals surface area (Å²) in [5.74, 6) is 1.05. The summed E-state index contributed by atoms with van der Waals surface area (Å²) in [6.07, 6.45) is 3.40. The van der Waals surface area contributed by atoms with E-state index in [1.807, 2.05) is 6.92 Å². The molecular weight excluding hydrogens is 218 g/mol. The standard InChI is InChI=1S/C11H13N5O/c1-4-16-7-9(6-13-16)17-11-10(5-12)8(2)14-15(11)3/h6-7H,4H2,1-3H3. The highest BCUT2D eigenvalue weighted by atomic mass is 16.5. The summed E-state index contributed by atoms with van der Waals surface area (Å²) >= 11 is 0. The van der Waals surface area contributed by atoms with Crippen molar-refractivity contribution < 1.29 is 4.74 Å². The van der Waals surface area contributed by atoms with Gasteiger partial charge in [0, 0.05) is 13.6 Å². The number of aryl methyl sites for hydroxylation is 3. The van der Waals surface area contributed by atoms with Crippen LogP contribution in [0.25, 0.3) is 0 Å². The summed E-state index contributed by atoms with van der Waals surface area (Å²) in [5.41, 5.74) is 1.12. The average Bonchev–Trinajstić information content (AvgIpc) is 2.85. The molecule has 88 valence electrons. The van der Waals surface area contributed by atoms with E-state index in [2.05, 4.69) is 16.3 Å². The Bertz CT molecular complexity index is 575. The molecule has 2 heterocycles. The number of nitrogens with zero attached hydrogens (tertiary/aromatic N) is 5. The first-order valence-electron chi connectivity index (χ1n) is 5.29. The highest BCUT2D eigenvalue weighted by Crippen LogP contribution is 2.25. The molecule has 0 N–H and O–H groups in total. The average molecular weight is 231 g/mol. The maximum atomic E-state index is 9.04. The summed E-state index contributed by atoms with van der Waals surface area (Å²) in [7, 11) is 1.74. The summed E-state index contributed by atoms with van der Waals surface area (Å²) < 4.78 is 8.94. The van der Waals surface area contributed by atoms with Crippen LogP contribution in [-0.4, -0.2) is 19.6 Å². The smallest absolute Gasteiger partial charge is 0.236 e. The molecule has 2 aromatic rings. The van der Waals surface area contributed by atoms with E-state index in [1.54, 1.807) is 35.7 Å². The Balaban J connectivity index is 2.33. The highest BCUT2D eigenvalue weighted by molar-refractivity contribution is 5.43. The third-order valence-electron chi connectivity index (χ3n) is 2.43. The second kappa shape index (κ2) is 4.29. The first kappa shape index (κ1) is 11.2. The van der Waals surface area contributed by atoms with E-state index >= 15 is 0 Å².